The molecule has 4 N–H and O–H groups in total. The lowest BCUT2D eigenvalue weighted by Crippen LogP contribution is -2.46. The molecular weight excluding hydrogens is 588 g/mol. The highest BCUT2D eigenvalue weighted by molar-refractivity contribution is 6.71. The number of nitrogens with one attached hydrogen (secondary N) is 2. The molecule has 0 radical (unpaired) electrons. The summed E-state index contributed by atoms with van der Waals surface area (Å²) in [6.07, 6.45) is 4.16. The Kier molecular flexibility index (Phi) is 8.95. The molecule has 1 aromatic heterocycles. The van der Waals surface area contributed by atoms with Crippen LogP contribution in [-0.2, 0) is 39.4 Å². The molecule has 2 amide bonds. The number of hydrogen-bond acceptors (Lipinski definition) is 8. The predicted molar refractivity (Wildman–Crippen MR) is 173 cm³/mol. The number of hydrogen-bond donors (Lipinski definition) is 4. The van der Waals surface area contributed by atoms with Crippen LogP contribution in [0.2, 0.25) is 18.6 Å². The van der Waals surface area contributed by atoms with E-state index in [4.69, 9.17) is 4.74 Å². The Labute approximate surface area is 265 Å². The zero-order valence-electron chi connectivity index (χ0n) is 26.3. The van der Waals surface area contributed by atoms with Crippen molar-refractivity contribution in [2.24, 2.45) is 11.8 Å². The zero-order chi connectivity index (χ0) is 31.8. The second-order valence-electron chi connectivity index (χ2n) is 13.2. The fourth-order valence-corrected chi connectivity index (χ4v) is 10.2. The highest BCUT2D eigenvalue weighted by Gasteiger charge is 2.66. The summed E-state index contributed by atoms with van der Waals surface area (Å²) < 4.78 is 8.71. The van der Waals surface area contributed by atoms with Crippen molar-refractivity contribution in [3.05, 3.63) is 71.5 Å². The van der Waals surface area contributed by atoms with Crippen molar-refractivity contribution < 1.29 is 24.2 Å². The van der Waals surface area contributed by atoms with Crippen molar-refractivity contribution >= 4 is 31.5 Å². The van der Waals surface area contributed by atoms with Gasteiger partial charge in [-0.25, -0.2) is 0 Å². The van der Waals surface area contributed by atoms with Gasteiger partial charge in [-0.05, 0) is 62.7 Å². The molecule has 1 unspecified atom stereocenters. The Hall–Kier alpha value is -3.42. The summed E-state index contributed by atoms with van der Waals surface area (Å²) in [5, 5.41) is 24.0. The number of aromatic nitrogens is 3. The van der Waals surface area contributed by atoms with Crippen LogP contribution in [0, 0.1) is 11.8 Å². The fraction of sp³-hybridized carbons (Fsp3) is 0.515. The van der Waals surface area contributed by atoms with E-state index in [1.165, 1.54) is 0 Å². The van der Waals surface area contributed by atoms with E-state index in [0.717, 1.165) is 36.2 Å². The Morgan fingerprint density at radius 2 is 2.02 bits per heavy atom. The van der Waals surface area contributed by atoms with Gasteiger partial charge in [0.2, 0.25) is 5.91 Å². The molecule has 240 valence electrons. The third-order valence-electron chi connectivity index (χ3n) is 9.70. The second-order valence-corrected chi connectivity index (χ2v) is 17.2. The van der Waals surface area contributed by atoms with Crippen molar-refractivity contribution in [3.63, 3.8) is 0 Å². The van der Waals surface area contributed by atoms with Gasteiger partial charge < -0.3 is 30.2 Å². The number of carbonyl (C=O) groups is 2. The summed E-state index contributed by atoms with van der Waals surface area (Å²) in [6.45, 7) is 8.29. The van der Waals surface area contributed by atoms with Crippen LogP contribution >= 0.6 is 0 Å². The van der Waals surface area contributed by atoms with Crippen LogP contribution in [0.3, 0.4) is 0 Å². The molecule has 0 bridgehead atoms. The van der Waals surface area contributed by atoms with Crippen LogP contribution in [0.15, 0.2) is 54.7 Å². The first kappa shape index (κ1) is 31.6. The van der Waals surface area contributed by atoms with Crippen LogP contribution in [0.5, 0.6) is 0 Å². The maximum absolute atomic E-state index is 14.7. The summed E-state index contributed by atoms with van der Waals surface area (Å²) in [5.41, 5.74) is 2.27. The Morgan fingerprint density at radius 1 is 1.22 bits per heavy atom. The molecule has 3 aromatic rings. The number of anilines is 2. The normalized spacial score (nSPS) is 26.4. The molecule has 3 aliphatic heterocycles. The number of aliphatic hydroxyl groups excluding tert-OH is 1. The molecule has 3 aliphatic rings. The van der Waals surface area contributed by atoms with E-state index in [1.54, 1.807) is 9.58 Å². The maximum Gasteiger partial charge on any atom is 0.264 e. The molecule has 2 saturated heterocycles. The van der Waals surface area contributed by atoms with E-state index < -0.39 is 20.0 Å². The third-order valence-corrected chi connectivity index (χ3v) is 12.2. The summed E-state index contributed by atoms with van der Waals surface area (Å²) in [4.78, 5) is 41.4. The number of fused-ring (bicyclic) bond motifs is 2. The molecule has 0 saturated carbocycles. The minimum atomic E-state index is -2.85. The molecule has 4 heterocycles. The number of carbonyl (C=O) groups excluding carboxylic acids is 2. The van der Waals surface area contributed by atoms with Gasteiger partial charge in [-0.3, -0.25) is 14.3 Å². The first-order valence-corrected chi connectivity index (χ1v) is 19.1. The van der Waals surface area contributed by atoms with Crippen molar-refractivity contribution in [1.82, 2.24) is 20.3 Å². The van der Waals surface area contributed by atoms with Crippen molar-refractivity contribution in [3.8, 4) is 0 Å². The lowest BCUT2D eigenvalue weighted by molar-refractivity contribution is -0.146. The molecule has 45 heavy (non-hydrogen) atoms. The van der Waals surface area contributed by atoms with E-state index in [9.17, 15) is 19.5 Å². The number of benzene rings is 2. The highest BCUT2D eigenvalue weighted by Crippen LogP contribution is 2.60. The molecule has 12 heteroatoms. The fourth-order valence-electron chi connectivity index (χ4n) is 7.60. The monoisotopic (exact) mass is 632 g/mol. The van der Waals surface area contributed by atoms with Gasteiger partial charge in [0.15, 0.2) is 13.9 Å². The van der Waals surface area contributed by atoms with Gasteiger partial charge in [-0.2, -0.15) is 0 Å². The van der Waals surface area contributed by atoms with Crippen molar-refractivity contribution in [2.45, 2.75) is 76.0 Å². The SMILES string of the molecule is C[C@@H]1[C@@H]([Si](C)(C)O)[C@H](CCn2cc(CCO)nn2)O[C@@]12C(=O)N(Cc1ccccc1)c1ccc(NC(=O)C3CCCNC3)cc12. The van der Waals surface area contributed by atoms with Gasteiger partial charge in [-0.15, -0.1) is 5.10 Å². The van der Waals surface area contributed by atoms with E-state index in [-0.39, 0.29) is 35.8 Å². The molecule has 11 nitrogen and oxygen atoms in total. The van der Waals surface area contributed by atoms with Gasteiger partial charge >= 0.3 is 0 Å². The topological polar surface area (TPSA) is 142 Å². The zero-order valence-corrected chi connectivity index (χ0v) is 27.3. The van der Waals surface area contributed by atoms with Gasteiger partial charge in [0.25, 0.3) is 5.91 Å². The van der Waals surface area contributed by atoms with Crippen LogP contribution in [0.1, 0.15) is 43.0 Å². The maximum atomic E-state index is 14.7. The Bertz CT molecular complexity index is 1520. The lowest BCUT2D eigenvalue weighted by atomic mass is 9.82. The number of ether oxygens (including phenoxy) is 1. The molecule has 6 rings (SSSR count). The second kappa shape index (κ2) is 12.8. The largest absolute Gasteiger partial charge is 0.432 e. The quantitative estimate of drug-likeness (QED) is 0.250. The van der Waals surface area contributed by atoms with Gasteiger partial charge in [0.05, 0.1) is 29.9 Å². The van der Waals surface area contributed by atoms with Crippen LogP contribution in [0.4, 0.5) is 11.4 Å². The Balaban J connectivity index is 1.36. The number of rotatable bonds is 10. The first-order valence-electron chi connectivity index (χ1n) is 16.0. The average Bonchev–Trinajstić information content (AvgIpc) is 3.67. The third kappa shape index (κ3) is 6.09. The minimum Gasteiger partial charge on any atom is -0.432 e. The summed E-state index contributed by atoms with van der Waals surface area (Å²) in [5.74, 6) is -0.612. The molecule has 2 fully saturated rings. The number of nitrogens with zero attached hydrogens (tertiary/aromatic N) is 4. The number of aliphatic hydroxyl groups is 1. The first-order chi connectivity index (χ1) is 21.6. The number of amides is 2. The molecule has 1 spiro atoms. The molecule has 5 atom stereocenters. The number of aryl methyl sites for hydroxylation is 1. The average molecular weight is 633 g/mol. The Morgan fingerprint density at radius 3 is 2.73 bits per heavy atom. The van der Waals surface area contributed by atoms with Crippen molar-refractivity contribution in [2.75, 3.05) is 29.9 Å². The van der Waals surface area contributed by atoms with Gasteiger partial charge in [0.1, 0.15) is 0 Å². The van der Waals surface area contributed by atoms with E-state index in [2.05, 4.69) is 20.9 Å². The molecular formula is C33H44N6O5Si. The molecule has 2 aromatic carbocycles. The highest BCUT2D eigenvalue weighted by atomic mass is 28.4. The van der Waals surface area contributed by atoms with Crippen molar-refractivity contribution in [1.29, 1.82) is 0 Å². The van der Waals surface area contributed by atoms with Gasteiger partial charge in [-0.1, -0.05) is 42.5 Å². The van der Waals surface area contributed by atoms with Crippen LogP contribution < -0.4 is 15.5 Å². The van der Waals surface area contributed by atoms with Crippen LogP contribution in [0.25, 0.3) is 0 Å². The summed E-state index contributed by atoms with van der Waals surface area (Å²) in [7, 11) is -2.85. The van der Waals surface area contributed by atoms with Gasteiger partial charge in [0, 0.05) is 55.0 Å². The summed E-state index contributed by atoms with van der Waals surface area (Å²) >= 11 is 0. The van der Waals surface area contributed by atoms with E-state index in [1.807, 2.05) is 74.7 Å². The predicted octanol–water partition coefficient (Wildman–Crippen LogP) is 3.19. The standard InChI is InChI=1S/C33H44N6O5Si/c1-22-30(45(2,3)43)29(13-16-38-21-26(14-17-40)36-37-38)44-33(22)27-18-25(35-31(41)24-10-7-15-34-19-24)11-12-28(27)39(32(33)42)20-23-8-5-4-6-9-23/h4-6,8-9,11-12,18,21-22,24,29-30,34,40,43H,7,10,13-17,19-20H2,1-3H3,(H,35,41)/t22-,24?,29+,30-,33+/m1/s1. The van der Waals surface area contributed by atoms with E-state index >= 15 is 0 Å². The smallest absolute Gasteiger partial charge is 0.264 e. The number of piperidine rings is 1. The minimum absolute atomic E-state index is 0.00215. The summed E-state index contributed by atoms with van der Waals surface area (Å²) in [6, 6.07) is 15.6. The molecule has 0 aliphatic carbocycles. The van der Waals surface area contributed by atoms with Crippen LogP contribution in [-0.4, -0.2) is 70.8 Å². The van der Waals surface area contributed by atoms with E-state index in [0.29, 0.717) is 43.9 Å². The lowest BCUT2D eigenvalue weighted by Gasteiger charge is -2.32.